The highest BCUT2D eigenvalue weighted by atomic mass is 16.6. The third kappa shape index (κ3) is 4.51. The second-order valence-electron chi connectivity index (χ2n) is 8.00. The zero-order valence-electron chi connectivity index (χ0n) is 17.8. The van der Waals surface area contributed by atoms with Gasteiger partial charge in [0.2, 0.25) is 0 Å². The molecule has 3 amide bonds. The zero-order valence-corrected chi connectivity index (χ0v) is 17.8. The summed E-state index contributed by atoms with van der Waals surface area (Å²) in [4.78, 5) is 41.4. The minimum Gasteiger partial charge on any atom is -0.447 e. The third-order valence-electron chi connectivity index (χ3n) is 5.95. The minimum atomic E-state index is -0.848. The number of hydrogen-bond donors (Lipinski definition) is 0. The molecule has 2 aliphatic rings. The summed E-state index contributed by atoms with van der Waals surface area (Å²) in [5.41, 5.74) is 1.86. The van der Waals surface area contributed by atoms with E-state index in [1.54, 1.807) is 6.08 Å². The Morgan fingerprint density at radius 2 is 1.72 bits per heavy atom. The van der Waals surface area contributed by atoms with Gasteiger partial charge >= 0.3 is 12.2 Å². The van der Waals surface area contributed by atoms with E-state index in [1.165, 1.54) is 4.90 Å². The Morgan fingerprint density at radius 1 is 1.06 bits per heavy atom. The Morgan fingerprint density at radius 3 is 2.38 bits per heavy atom. The summed E-state index contributed by atoms with van der Waals surface area (Å²) in [6.07, 6.45) is 1.47. The predicted molar refractivity (Wildman–Crippen MR) is 118 cm³/mol. The molecule has 2 aromatic rings. The number of carbonyl (C=O) groups is 3. The lowest BCUT2D eigenvalue weighted by molar-refractivity contribution is -0.134. The average molecular weight is 434 g/mol. The normalized spacial score (nSPS) is 22.5. The van der Waals surface area contributed by atoms with Gasteiger partial charge in [-0.25, -0.2) is 14.5 Å². The third-order valence-corrected chi connectivity index (χ3v) is 5.95. The van der Waals surface area contributed by atoms with Gasteiger partial charge < -0.3 is 9.47 Å². The number of likely N-dealkylation sites (tertiary alicyclic amines) is 1. The van der Waals surface area contributed by atoms with E-state index < -0.39 is 30.2 Å². The van der Waals surface area contributed by atoms with Crippen molar-refractivity contribution in [3.63, 3.8) is 0 Å². The first-order valence-corrected chi connectivity index (χ1v) is 10.7. The largest absolute Gasteiger partial charge is 0.447 e. The monoisotopic (exact) mass is 434 g/mol. The number of carbonyl (C=O) groups excluding carboxylic acids is 3. The number of benzene rings is 2. The molecule has 2 saturated heterocycles. The molecule has 166 valence electrons. The van der Waals surface area contributed by atoms with Crippen LogP contribution in [0.3, 0.4) is 0 Å². The lowest BCUT2D eigenvalue weighted by Crippen LogP contribution is -2.53. The molecular weight excluding hydrogens is 408 g/mol. The molecule has 0 spiro atoms. The summed E-state index contributed by atoms with van der Waals surface area (Å²) in [5.74, 6) is -0.718. The van der Waals surface area contributed by atoms with Gasteiger partial charge in [0.15, 0.2) is 0 Å². The number of cyclic esters (lactones) is 1. The zero-order chi connectivity index (χ0) is 22.5. The highest BCUT2D eigenvalue weighted by molar-refractivity contribution is 5.98. The summed E-state index contributed by atoms with van der Waals surface area (Å²) in [6.45, 7) is 4.42. The first-order valence-electron chi connectivity index (χ1n) is 10.7. The van der Waals surface area contributed by atoms with E-state index in [0.29, 0.717) is 19.4 Å². The topological polar surface area (TPSA) is 76.2 Å². The molecule has 0 saturated carbocycles. The van der Waals surface area contributed by atoms with Crippen molar-refractivity contribution in [2.45, 2.75) is 31.5 Å². The van der Waals surface area contributed by atoms with Crippen molar-refractivity contribution in [2.24, 2.45) is 5.92 Å². The Kier molecular flexibility index (Phi) is 6.54. The molecule has 7 heteroatoms. The molecule has 2 fully saturated rings. The van der Waals surface area contributed by atoms with Crippen LogP contribution in [-0.2, 0) is 27.3 Å². The van der Waals surface area contributed by atoms with Gasteiger partial charge in [0.25, 0.3) is 5.91 Å². The average Bonchev–Trinajstić information content (AvgIpc) is 3.42. The number of hydrogen-bond acceptors (Lipinski definition) is 5. The number of imide groups is 1. The van der Waals surface area contributed by atoms with Gasteiger partial charge in [-0.05, 0) is 24.0 Å². The van der Waals surface area contributed by atoms with Gasteiger partial charge in [0, 0.05) is 12.5 Å². The maximum Gasteiger partial charge on any atom is 0.417 e. The van der Waals surface area contributed by atoms with Crippen molar-refractivity contribution in [2.75, 3.05) is 13.2 Å². The Hall–Kier alpha value is -3.61. The van der Waals surface area contributed by atoms with Gasteiger partial charge in [-0.1, -0.05) is 66.7 Å². The molecule has 32 heavy (non-hydrogen) atoms. The van der Waals surface area contributed by atoms with Crippen LogP contribution in [0.2, 0.25) is 0 Å². The molecule has 0 unspecified atom stereocenters. The number of nitrogens with zero attached hydrogens (tertiary/aromatic N) is 2. The standard InChI is InChI=1S/C25H26N2O5/c1-2-20-13-14-26(24(29)31-16-19-11-7-4-8-12-19)22(20)23(28)27-21(17-32-25(27)30)15-18-9-5-3-6-10-18/h2-12,20-22H,1,13-17H2/t20-,21+,22-/m1/s1. The van der Waals surface area contributed by atoms with E-state index in [-0.39, 0.29) is 19.1 Å². The number of ether oxygens (including phenoxy) is 2. The first-order chi connectivity index (χ1) is 15.6. The molecule has 2 aromatic carbocycles. The van der Waals surface area contributed by atoms with Crippen molar-refractivity contribution in [1.29, 1.82) is 0 Å². The highest BCUT2D eigenvalue weighted by Gasteiger charge is 2.48. The second kappa shape index (κ2) is 9.68. The molecule has 0 aliphatic carbocycles. The van der Waals surface area contributed by atoms with Crippen LogP contribution < -0.4 is 0 Å². The van der Waals surface area contributed by atoms with Crippen molar-refractivity contribution in [3.8, 4) is 0 Å². The lowest BCUT2D eigenvalue weighted by atomic mass is 9.98. The molecule has 2 aliphatic heterocycles. The van der Waals surface area contributed by atoms with E-state index in [1.807, 2.05) is 60.7 Å². The van der Waals surface area contributed by atoms with Crippen molar-refractivity contribution in [3.05, 3.63) is 84.4 Å². The van der Waals surface area contributed by atoms with Gasteiger partial charge in [-0.2, -0.15) is 0 Å². The van der Waals surface area contributed by atoms with E-state index >= 15 is 0 Å². The predicted octanol–water partition coefficient (Wildman–Crippen LogP) is 3.79. The molecular formula is C25H26N2O5. The van der Waals surface area contributed by atoms with E-state index in [4.69, 9.17) is 9.47 Å². The van der Waals surface area contributed by atoms with Crippen LogP contribution >= 0.6 is 0 Å². The fraction of sp³-hybridized carbons (Fsp3) is 0.320. The fourth-order valence-corrected chi connectivity index (χ4v) is 4.30. The maximum atomic E-state index is 13.5. The smallest absolute Gasteiger partial charge is 0.417 e. The molecule has 0 bridgehead atoms. The van der Waals surface area contributed by atoms with E-state index in [9.17, 15) is 14.4 Å². The molecule has 4 rings (SSSR count). The molecule has 0 N–H and O–H groups in total. The molecule has 3 atom stereocenters. The minimum absolute atomic E-state index is 0.109. The molecule has 0 radical (unpaired) electrons. The first kappa shape index (κ1) is 21.6. The Balaban J connectivity index is 1.50. The quantitative estimate of drug-likeness (QED) is 0.647. The highest BCUT2D eigenvalue weighted by Crippen LogP contribution is 2.30. The van der Waals surface area contributed by atoms with Gasteiger partial charge in [0.05, 0.1) is 6.04 Å². The summed E-state index contributed by atoms with van der Waals surface area (Å²) in [5, 5.41) is 0. The van der Waals surface area contributed by atoms with Crippen molar-refractivity contribution < 1.29 is 23.9 Å². The van der Waals surface area contributed by atoms with Crippen LogP contribution in [0.5, 0.6) is 0 Å². The summed E-state index contributed by atoms with van der Waals surface area (Å²) in [6, 6.07) is 17.7. The number of rotatable bonds is 6. The van der Waals surface area contributed by atoms with Crippen LogP contribution in [0.25, 0.3) is 0 Å². The van der Waals surface area contributed by atoms with Crippen LogP contribution in [0.4, 0.5) is 9.59 Å². The van der Waals surface area contributed by atoms with Crippen LogP contribution in [0, 0.1) is 5.92 Å². The van der Waals surface area contributed by atoms with Gasteiger partial charge in [-0.3, -0.25) is 9.69 Å². The second-order valence-corrected chi connectivity index (χ2v) is 8.00. The van der Waals surface area contributed by atoms with Crippen LogP contribution in [0.1, 0.15) is 17.5 Å². The SMILES string of the molecule is C=C[C@@H]1CCN(C(=O)OCc2ccccc2)[C@H]1C(=O)N1C(=O)OC[C@@H]1Cc1ccccc1. The van der Waals surface area contributed by atoms with Crippen molar-refractivity contribution in [1.82, 2.24) is 9.80 Å². The van der Waals surface area contributed by atoms with Crippen LogP contribution in [-0.4, -0.2) is 53.1 Å². The molecule has 2 heterocycles. The van der Waals surface area contributed by atoms with Gasteiger partial charge in [-0.15, -0.1) is 6.58 Å². The lowest BCUT2D eigenvalue weighted by Gasteiger charge is -2.30. The number of amides is 3. The molecule has 0 aromatic heterocycles. The molecule has 7 nitrogen and oxygen atoms in total. The summed E-state index contributed by atoms with van der Waals surface area (Å²) >= 11 is 0. The maximum absolute atomic E-state index is 13.5. The Labute approximate surface area is 187 Å². The summed E-state index contributed by atoms with van der Waals surface area (Å²) in [7, 11) is 0. The fourth-order valence-electron chi connectivity index (χ4n) is 4.30. The Bertz CT molecular complexity index is 978. The summed E-state index contributed by atoms with van der Waals surface area (Å²) < 4.78 is 10.7. The van der Waals surface area contributed by atoms with Crippen molar-refractivity contribution >= 4 is 18.1 Å². The van der Waals surface area contributed by atoms with Gasteiger partial charge in [0.1, 0.15) is 19.3 Å². The van der Waals surface area contributed by atoms with Crippen LogP contribution in [0.15, 0.2) is 73.3 Å². The van der Waals surface area contributed by atoms with E-state index in [0.717, 1.165) is 16.0 Å². The van der Waals surface area contributed by atoms with E-state index in [2.05, 4.69) is 6.58 Å².